The summed E-state index contributed by atoms with van der Waals surface area (Å²) in [4.78, 5) is 0. The van der Waals surface area contributed by atoms with Crippen molar-refractivity contribution in [1.29, 1.82) is 0 Å². The second kappa shape index (κ2) is 7.24. The van der Waals surface area contributed by atoms with Crippen molar-refractivity contribution in [3.63, 3.8) is 0 Å². The van der Waals surface area contributed by atoms with Gasteiger partial charge in [0.2, 0.25) is 0 Å². The predicted octanol–water partition coefficient (Wildman–Crippen LogP) is 3.84. The largest absolute Gasteiger partial charge is 0.384 e. The average Bonchev–Trinajstić information content (AvgIpc) is 2.75. The third-order valence-electron chi connectivity index (χ3n) is 4.77. The third kappa shape index (κ3) is 4.32. The van der Waals surface area contributed by atoms with Crippen LogP contribution < -0.4 is 5.32 Å². The molecule has 1 aromatic rings. The molecule has 112 valence electrons. The van der Waals surface area contributed by atoms with Crippen molar-refractivity contribution in [2.75, 3.05) is 6.54 Å². The average molecular weight is 275 g/mol. The van der Waals surface area contributed by atoms with Crippen LogP contribution in [0.5, 0.6) is 0 Å². The Hall–Kier alpha value is -0.860. The zero-order valence-corrected chi connectivity index (χ0v) is 12.9. The van der Waals surface area contributed by atoms with Gasteiger partial charge in [0.1, 0.15) is 0 Å². The van der Waals surface area contributed by atoms with Gasteiger partial charge in [-0.3, -0.25) is 0 Å². The SMILES string of the molecule is C[C@@H](NCC(C)(O)c1ccccc1)C1CCCCCC1. The fourth-order valence-corrected chi connectivity index (χ4v) is 3.24. The predicted molar refractivity (Wildman–Crippen MR) is 84.7 cm³/mol. The van der Waals surface area contributed by atoms with Crippen LogP contribution in [0.3, 0.4) is 0 Å². The number of rotatable bonds is 5. The summed E-state index contributed by atoms with van der Waals surface area (Å²) in [6.07, 6.45) is 8.19. The normalized spacial score (nSPS) is 21.9. The van der Waals surface area contributed by atoms with Gasteiger partial charge < -0.3 is 10.4 Å². The zero-order valence-electron chi connectivity index (χ0n) is 12.9. The number of benzene rings is 1. The van der Waals surface area contributed by atoms with Crippen LogP contribution in [0.1, 0.15) is 57.9 Å². The zero-order chi connectivity index (χ0) is 14.4. The van der Waals surface area contributed by atoms with E-state index in [0.717, 1.165) is 11.5 Å². The Morgan fingerprint density at radius 1 is 1.15 bits per heavy atom. The maximum absolute atomic E-state index is 10.6. The number of nitrogens with one attached hydrogen (secondary N) is 1. The van der Waals surface area contributed by atoms with Crippen molar-refractivity contribution < 1.29 is 5.11 Å². The Morgan fingerprint density at radius 2 is 1.75 bits per heavy atom. The van der Waals surface area contributed by atoms with Crippen molar-refractivity contribution in [3.05, 3.63) is 35.9 Å². The fourth-order valence-electron chi connectivity index (χ4n) is 3.24. The minimum Gasteiger partial charge on any atom is -0.384 e. The number of aliphatic hydroxyl groups is 1. The molecule has 0 heterocycles. The summed E-state index contributed by atoms with van der Waals surface area (Å²) >= 11 is 0. The van der Waals surface area contributed by atoms with E-state index >= 15 is 0 Å². The van der Waals surface area contributed by atoms with Crippen LogP contribution in [0.4, 0.5) is 0 Å². The quantitative estimate of drug-likeness (QED) is 0.800. The Bertz CT molecular complexity index is 380. The van der Waals surface area contributed by atoms with E-state index in [1.807, 2.05) is 37.3 Å². The molecule has 2 rings (SSSR count). The van der Waals surface area contributed by atoms with Crippen molar-refractivity contribution in [1.82, 2.24) is 5.32 Å². The molecule has 0 saturated heterocycles. The highest BCUT2D eigenvalue weighted by atomic mass is 16.3. The fraction of sp³-hybridized carbons (Fsp3) is 0.667. The molecule has 0 bridgehead atoms. The molecular weight excluding hydrogens is 246 g/mol. The smallest absolute Gasteiger partial charge is 0.0992 e. The maximum Gasteiger partial charge on any atom is 0.0992 e. The van der Waals surface area contributed by atoms with Crippen LogP contribution in [0, 0.1) is 5.92 Å². The lowest BCUT2D eigenvalue weighted by Crippen LogP contribution is -2.42. The first-order valence-corrected chi connectivity index (χ1v) is 8.11. The van der Waals surface area contributed by atoms with Gasteiger partial charge >= 0.3 is 0 Å². The molecule has 2 atom stereocenters. The van der Waals surface area contributed by atoms with E-state index < -0.39 is 5.60 Å². The highest BCUT2D eigenvalue weighted by molar-refractivity contribution is 5.21. The topological polar surface area (TPSA) is 32.3 Å². The van der Waals surface area contributed by atoms with Gasteiger partial charge in [0, 0.05) is 12.6 Å². The highest BCUT2D eigenvalue weighted by Gasteiger charge is 2.25. The van der Waals surface area contributed by atoms with Gasteiger partial charge in [0.25, 0.3) is 0 Å². The van der Waals surface area contributed by atoms with E-state index in [2.05, 4.69) is 12.2 Å². The Labute approximate surface area is 123 Å². The molecule has 0 aliphatic heterocycles. The van der Waals surface area contributed by atoms with E-state index in [4.69, 9.17) is 0 Å². The van der Waals surface area contributed by atoms with E-state index in [1.54, 1.807) is 0 Å². The molecule has 1 unspecified atom stereocenters. The second-order valence-electron chi connectivity index (χ2n) is 6.56. The maximum atomic E-state index is 10.6. The van der Waals surface area contributed by atoms with Crippen LogP contribution in [0.2, 0.25) is 0 Å². The van der Waals surface area contributed by atoms with Crippen LogP contribution in [-0.4, -0.2) is 17.7 Å². The highest BCUT2D eigenvalue weighted by Crippen LogP contribution is 2.26. The van der Waals surface area contributed by atoms with Gasteiger partial charge in [-0.05, 0) is 38.2 Å². The molecule has 1 aromatic carbocycles. The summed E-state index contributed by atoms with van der Waals surface area (Å²) in [5.74, 6) is 0.768. The van der Waals surface area contributed by atoms with E-state index in [0.29, 0.717) is 12.6 Å². The van der Waals surface area contributed by atoms with Crippen LogP contribution in [-0.2, 0) is 5.60 Å². The minimum absolute atomic E-state index is 0.489. The molecule has 20 heavy (non-hydrogen) atoms. The van der Waals surface area contributed by atoms with E-state index in [-0.39, 0.29) is 0 Å². The molecule has 0 radical (unpaired) electrons. The van der Waals surface area contributed by atoms with Crippen LogP contribution in [0.15, 0.2) is 30.3 Å². The van der Waals surface area contributed by atoms with Gasteiger partial charge in [-0.1, -0.05) is 56.0 Å². The molecule has 0 spiro atoms. The Morgan fingerprint density at radius 3 is 2.35 bits per heavy atom. The Balaban J connectivity index is 1.87. The monoisotopic (exact) mass is 275 g/mol. The van der Waals surface area contributed by atoms with Crippen molar-refractivity contribution in [2.45, 2.75) is 64.0 Å². The van der Waals surface area contributed by atoms with Gasteiger partial charge in [-0.2, -0.15) is 0 Å². The standard InChI is InChI=1S/C18H29NO/c1-15(16-10-6-3-4-7-11-16)19-14-18(2,20)17-12-8-5-9-13-17/h5,8-9,12-13,15-16,19-20H,3-4,6-7,10-11,14H2,1-2H3/t15-,18?/m1/s1. The molecule has 1 fully saturated rings. The van der Waals surface area contributed by atoms with Crippen LogP contribution >= 0.6 is 0 Å². The van der Waals surface area contributed by atoms with Gasteiger partial charge in [0.15, 0.2) is 0 Å². The summed E-state index contributed by atoms with van der Waals surface area (Å²) < 4.78 is 0. The van der Waals surface area contributed by atoms with E-state index in [9.17, 15) is 5.11 Å². The third-order valence-corrected chi connectivity index (χ3v) is 4.77. The molecule has 2 heteroatoms. The lowest BCUT2D eigenvalue weighted by atomic mass is 9.91. The lowest BCUT2D eigenvalue weighted by Gasteiger charge is -2.30. The molecule has 0 aromatic heterocycles. The molecule has 2 nitrogen and oxygen atoms in total. The minimum atomic E-state index is -0.791. The summed E-state index contributed by atoms with van der Waals surface area (Å²) in [7, 11) is 0. The molecular formula is C18H29NO. The summed E-state index contributed by atoms with van der Waals surface area (Å²) in [6, 6.07) is 10.4. The van der Waals surface area contributed by atoms with E-state index in [1.165, 1.54) is 38.5 Å². The first-order valence-electron chi connectivity index (χ1n) is 8.11. The van der Waals surface area contributed by atoms with Crippen molar-refractivity contribution >= 4 is 0 Å². The Kier molecular flexibility index (Phi) is 5.62. The molecule has 0 amide bonds. The number of hydrogen-bond donors (Lipinski definition) is 2. The first kappa shape index (κ1) is 15.5. The summed E-state index contributed by atoms with van der Waals surface area (Å²) in [5, 5.41) is 14.2. The van der Waals surface area contributed by atoms with Gasteiger partial charge in [-0.25, -0.2) is 0 Å². The summed E-state index contributed by atoms with van der Waals surface area (Å²) in [5.41, 5.74) is 0.195. The van der Waals surface area contributed by atoms with Crippen LogP contribution in [0.25, 0.3) is 0 Å². The number of hydrogen-bond acceptors (Lipinski definition) is 2. The lowest BCUT2D eigenvalue weighted by molar-refractivity contribution is 0.0516. The van der Waals surface area contributed by atoms with Crippen molar-refractivity contribution in [3.8, 4) is 0 Å². The molecule has 1 aliphatic rings. The van der Waals surface area contributed by atoms with Crippen molar-refractivity contribution in [2.24, 2.45) is 5.92 Å². The summed E-state index contributed by atoms with van der Waals surface area (Å²) in [6.45, 7) is 4.79. The van der Waals surface area contributed by atoms with Gasteiger partial charge in [-0.15, -0.1) is 0 Å². The van der Waals surface area contributed by atoms with Gasteiger partial charge in [0.05, 0.1) is 5.60 Å². The molecule has 1 saturated carbocycles. The molecule has 1 aliphatic carbocycles. The first-order chi connectivity index (χ1) is 9.59. The second-order valence-corrected chi connectivity index (χ2v) is 6.56. The molecule has 2 N–H and O–H groups in total.